The lowest BCUT2D eigenvalue weighted by Gasteiger charge is -2.29. The molecular formula is C28H23F4N5O2. The Hall–Kier alpha value is -4.54. The fourth-order valence-corrected chi connectivity index (χ4v) is 4.51. The van der Waals surface area contributed by atoms with Crippen molar-refractivity contribution in [3.63, 3.8) is 0 Å². The van der Waals surface area contributed by atoms with E-state index >= 15 is 0 Å². The summed E-state index contributed by atoms with van der Waals surface area (Å²) < 4.78 is 58.8. The standard InChI is InChI=1S/C28H23F4N5O2/c1-36(20-12-18(28(30,31)32)11-19(29)13-20)25-14-24(34-16-35-25)26-22-8-10-37(27(38)23(22)7-9-33-26)15-17-3-5-21(39-2)6-4-17/h3-7,9,11-14,16H,8,10,15H2,1-2H3. The molecule has 11 heteroatoms. The summed E-state index contributed by atoms with van der Waals surface area (Å²) in [6.45, 7) is 0.911. The van der Waals surface area contributed by atoms with Gasteiger partial charge in [-0.3, -0.25) is 9.78 Å². The van der Waals surface area contributed by atoms with Crippen LogP contribution in [0.4, 0.5) is 29.1 Å². The van der Waals surface area contributed by atoms with Gasteiger partial charge in [-0.25, -0.2) is 14.4 Å². The highest BCUT2D eigenvalue weighted by Crippen LogP contribution is 2.35. The maximum atomic E-state index is 14.0. The number of amides is 1. The zero-order chi connectivity index (χ0) is 27.7. The van der Waals surface area contributed by atoms with E-state index in [9.17, 15) is 22.4 Å². The molecule has 200 valence electrons. The number of nitrogens with zero attached hydrogens (tertiary/aromatic N) is 5. The van der Waals surface area contributed by atoms with E-state index in [1.807, 2.05) is 24.3 Å². The molecule has 1 amide bonds. The van der Waals surface area contributed by atoms with E-state index in [1.165, 1.54) is 24.5 Å². The summed E-state index contributed by atoms with van der Waals surface area (Å²) in [7, 11) is 3.07. The molecule has 0 saturated heterocycles. The summed E-state index contributed by atoms with van der Waals surface area (Å²) in [6.07, 6.45) is -1.38. The fraction of sp³-hybridized carbons (Fsp3) is 0.214. The molecule has 0 unspecified atom stereocenters. The van der Waals surface area contributed by atoms with E-state index in [-0.39, 0.29) is 17.4 Å². The first-order valence-corrected chi connectivity index (χ1v) is 12.0. The number of carbonyl (C=O) groups excluding carboxylic acids is 1. The van der Waals surface area contributed by atoms with Crippen molar-refractivity contribution in [3.05, 3.63) is 95.2 Å². The number of methoxy groups -OCH3 is 1. The van der Waals surface area contributed by atoms with E-state index in [1.54, 1.807) is 24.1 Å². The van der Waals surface area contributed by atoms with E-state index in [0.29, 0.717) is 42.5 Å². The lowest BCUT2D eigenvalue weighted by molar-refractivity contribution is -0.137. The average molecular weight is 538 g/mol. The third-order valence-corrected chi connectivity index (χ3v) is 6.57. The van der Waals surface area contributed by atoms with Gasteiger partial charge in [-0.1, -0.05) is 12.1 Å². The van der Waals surface area contributed by atoms with Crippen molar-refractivity contribution in [2.45, 2.75) is 19.1 Å². The van der Waals surface area contributed by atoms with Crippen molar-refractivity contribution in [1.29, 1.82) is 0 Å². The highest BCUT2D eigenvalue weighted by Gasteiger charge is 2.32. The van der Waals surface area contributed by atoms with Crippen LogP contribution in [-0.4, -0.2) is 46.5 Å². The van der Waals surface area contributed by atoms with Crippen LogP contribution in [0, 0.1) is 5.82 Å². The van der Waals surface area contributed by atoms with Gasteiger partial charge in [0.05, 0.1) is 24.1 Å². The summed E-state index contributed by atoms with van der Waals surface area (Å²) in [4.78, 5) is 29.4. The van der Waals surface area contributed by atoms with Gasteiger partial charge < -0.3 is 14.5 Å². The van der Waals surface area contributed by atoms with Crippen LogP contribution in [0.25, 0.3) is 11.4 Å². The number of pyridine rings is 1. The third-order valence-electron chi connectivity index (χ3n) is 6.57. The first-order chi connectivity index (χ1) is 18.6. The monoisotopic (exact) mass is 537 g/mol. The highest BCUT2D eigenvalue weighted by atomic mass is 19.4. The van der Waals surface area contributed by atoms with E-state index in [0.717, 1.165) is 29.0 Å². The lowest BCUT2D eigenvalue weighted by Crippen LogP contribution is -2.37. The van der Waals surface area contributed by atoms with Crippen LogP contribution >= 0.6 is 0 Å². The number of rotatable bonds is 6. The summed E-state index contributed by atoms with van der Waals surface area (Å²) in [5, 5.41) is 0. The van der Waals surface area contributed by atoms with Crippen molar-refractivity contribution in [3.8, 4) is 17.1 Å². The van der Waals surface area contributed by atoms with Gasteiger partial charge >= 0.3 is 6.18 Å². The fourth-order valence-electron chi connectivity index (χ4n) is 4.51. The number of hydrogen-bond donors (Lipinski definition) is 0. The predicted molar refractivity (Wildman–Crippen MR) is 136 cm³/mol. The topological polar surface area (TPSA) is 71.5 Å². The molecule has 0 bridgehead atoms. The van der Waals surface area contributed by atoms with Crippen molar-refractivity contribution >= 4 is 17.4 Å². The third kappa shape index (κ3) is 5.38. The molecule has 7 nitrogen and oxygen atoms in total. The second kappa shape index (κ2) is 10.3. The van der Waals surface area contributed by atoms with Crippen molar-refractivity contribution in [2.24, 2.45) is 0 Å². The Balaban J connectivity index is 1.42. The number of halogens is 4. The number of fused-ring (bicyclic) bond motifs is 1. The molecule has 2 aromatic carbocycles. The Bertz CT molecular complexity index is 1530. The largest absolute Gasteiger partial charge is 0.497 e. The number of anilines is 2. The smallest absolute Gasteiger partial charge is 0.416 e. The zero-order valence-corrected chi connectivity index (χ0v) is 21.0. The van der Waals surface area contributed by atoms with Gasteiger partial charge in [0.15, 0.2) is 0 Å². The summed E-state index contributed by atoms with van der Waals surface area (Å²) in [6, 6.07) is 13.0. The molecule has 0 saturated carbocycles. The lowest BCUT2D eigenvalue weighted by atomic mass is 9.96. The molecule has 5 rings (SSSR count). The first-order valence-electron chi connectivity index (χ1n) is 12.0. The molecule has 0 spiro atoms. The predicted octanol–water partition coefficient (Wildman–Crippen LogP) is 5.67. The quantitative estimate of drug-likeness (QED) is 0.295. The Labute approximate surface area is 221 Å². The van der Waals surface area contributed by atoms with Crippen LogP contribution in [0.3, 0.4) is 0 Å². The number of hydrogen-bond acceptors (Lipinski definition) is 6. The minimum atomic E-state index is -4.70. The molecule has 0 radical (unpaired) electrons. The van der Waals surface area contributed by atoms with E-state index in [4.69, 9.17) is 4.74 Å². The molecule has 39 heavy (non-hydrogen) atoms. The van der Waals surface area contributed by atoms with Gasteiger partial charge in [0, 0.05) is 43.7 Å². The van der Waals surface area contributed by atoms with Crippen molar-refractivity contribution in [1.82, 2.24) is 19.9 Å². The number of benzene rings is 2. The maximum absolute atomic E-state index is 14.0. The van der Waals surface area contributed by atoms with Crippen LogP contribution in [0.5, 0.6) is 5.75 Å². The van der Waals surface area contributed by atoms with Gasteiger partial charge in [-0.15, -0.1) is 0 Å². The van der Waals surface area contributed by atoms with Gasteiger partial charge in [0.2, 0.25) is 0 Å². The summed E-state index contributed by atoms with van der Waals surface area (Å²) >= 11 is 0. The second-order valence-corrected chi connectivity index (χ2v) is 9.03. The van der Waals surface area contributed by atoms with Crippen LogP contribution in [0.15, 0.2) is 67.1 Å². The van der Waals surface area contributed by atoms with Gasteiger partial charge in [-0.05, 0) is 53.9 Å². The second-order valence-electron chi connectivity index (χ2n) is 9.03. The minimum Gasteiger partial charge on any atom is -0.497 e. The van der Waals surface area contributed by atoms with Gasteiger partial charge in [-0.2, -0.15) is 13.2 Å². The summed E-state index contributed by atoms with van der Waals surface area (Å²) in [5.74, 6) is -0.182. The van der Waals surface area contributed by atoms with Crippen molar-refractivity contribution < 1.29 is 27.1 Å². The first kappa shape index (κ1) is 26.1. The Morgan fingerprint density at radius 3 is 2.51 bits per heavy atom. The van der Waals surface area contributed by atoms with Gasteiger partial charge in [0.25, 0.3) is 5.91 Å². The van der Waals surface area contributed by atoms with E-state index in [2.05, 4.69) is 15.0 Å². The van der Waals surface area contributed by atoms with E-state index < -0.39 is 17.6 Å². The molecule has 1 aliphatic heterocycles. The Kier molecular flexibility index (Phi) is 6.90. The Morgan fingerprint density at radius 2 is 1.79 bits per heavy atom. The number of alkyl halides is 3. The highest BCUT2D eigenvalue weighted by molar-refractivity contribution is 5.98. The SMILES string of the molecule is COc1ccc(CN2CCc3c(ccnc3-c3cc(N(C)c4cc(F)cc(C(F)(F)F)c4)ncn3)C2=O)cc1. The molecule has 0 atom stereocenters. The minimum absolute atomic E-state index is 0.0284. The molecule has 0 fully saturated rings. The molecule has 3 heterocycles. The molecule has 4 aromatic rings. The van der Waals surface area contributed by atoms with Crippen LogP contribution in [0.2, 0.25) is 0 Å². The number of ether oxygens (including phenoxy) is 1. The van der Waals surface area contributed by atoms with Crippen LogP contribution in [0.1, 0.15) is 27.0 Å². The Morgan fingerprint density at radius 1 is 1.03 bits per heavy atom. The molecule has 1 aliphatic rings. The molecular weight excluding hydrogens is 514 g/mol. The normalized spacial score (nSPS) is 13.3. The van der Waals surface area contributed by atoms with Crippen molar-refractivity contribution in [2.75, 3.05) is 25.6 Å². The molecule has 2 aromatic heterocycles. The van der Waals surface area contributed by atoms with Gasteiger partial charge in [0.1, 0.15) is 23.7 Å². The maximum Gasteiger partial charge on any atom is 0.416 e. The van der Waals surface area contributed by atoms with Crippen LogP contribution in [-0.2, 0) is 19.1 Å². The molecule has 0 N–H and O–H groups in total. The summed E-state index contributed by atoms with van der Waals surface area (Å²) in [5.41, 5.74) is 1.95. The van der Waals surface area contributed by atoms with Crippen LogP contribution < -0.4 is 9.64 Å². The number of carbonyl (C=O) groups is 1. The number of aromatic nitrogens is 3. The zero-order valence-electron chi connectivity index (χ0n) is 21.0. The average Bonchev–Trinajstić information content (AvgIpc) is 2.93. The molecule has 0 aliphatic carbocycles.